The van der Waals surface area contributed by atoms with Crippen LogP contribution in [0.4, 0.5) is 0 Å². The van der Waals surface area contributed by atoms with Gasteiger partial charge in [-0.1, -0.05) is 290 Å². The van der Waals surface area contributed by atoms with Crippen molar-refractivity contribution in [1.29, 1.82) is 0 Å². The van der Waals surface area contributed by atoms with Crippen molar-refractivity contribution in [2.45, 2.75) is 375 Å². The van der Waals surface area contributed by atoms with Gasteiger partial charge in [-0.25, -0.2) is 0 Å². The van der Waals surface area contributed by atoms with Crippen LogP contribution in [0.25, 0.3) is 0 Å². The summed E-state index contributed by atoms with van der Waals surface area (Å²) in [4.78, 5) is 13.5. The Morgan fingerprint density at radius 3 is 1.06 bits per heavy atom. The van der Waals surface area contributed by atoms with Crippen molar-refractivity contribution in [2.75, 3.05) is 26.4 Å². The van der Waals surface area contributed by atoms with Gasteiger partial charge in [0.05, 0.1) is 38.6 Å². The lowest BCUT2D eigenvalue weighted by molar-refractivity contribution is -0.379. The van der Waals surface area contributed by atoms with E-state index in [0.29, 0.717) is 19.3 Å². The van der Waals surface area contributed by atoms with Crippen LogP contribution in [0.15, 0.2) is 109 Å². The summed E-state index contributed by atoms with van der Waals surface area (Å²) in [5, 5.41) is 121. The molecule has 0 aliphatic carbocycles. The van der Waals surface area contributed by atoms with Crippen molar-refractivity contribution < 1.29 is 89.4 Å². The summed E-state index contributed by atoms with van der Waals surface area (Å²) in [6.45, 7) is 1.68. The molecule has 19 heteroatoms. The molecule has 0 spiro atoms. The molecule has 3 fully saturated rings. The molecule has 101 heavy (non-hydrogen) atoms. The first-order valence-electron chi connectivity index (χ1n) is 39.6. The largest absolute Gasteiger partial charge is 0.394 e. The van der Waals surface area contributed by atoms with Gasteiger partial charge in [-0.05, 0) is 83.5 Å². The highest BCUT2D eigenvalue weighted by Gasteiger charge is 2.54. The smallest absolute Gasteiger partial charge is 0.220 e. The number of nitrogens with one attached hydrogen (secondary N) is 1. The molecule has 17 unspecified atom stereocenters. The van der Waals surface area contributed by atoms with E-state index in [2.05, 4.69) is 129 Å². The maximum Gasteiger partial charge on any atom is 0.220 e. The van der Waals surface area contributed by atoms with E-state index in [1.165, 1.54) is 135 Å². The summed E-state index contributed by atoms with van der Waals surface area (Å²) in [7, 11) is 0. The molecule has 19 nitrogen and oxygen atoms in total. The first-order valence-corrected chi connectivity index (χ1v) is 39.6. The number of allylic oxidation sites excluding steroid dienone is 18. The van der Waals surface area contributed by atoms with E-state index in [4.69, 9.17) is 28.4 Å². The topological polar surface area (TPSA) is 307 Å². The minimum atomic E-state index is -1.98. The normalized spacial score (nSPS) is 26.9. The van der Waals surface area contributed by atoms with E-state index in [9.17, 15) is 61.0 Å². The van der Waals surface area contributed by atoms with Gasteiger partial charge < -0.3 is 89.9 Å². The van der Waals surface area contributed by atoms with E-state index in [-0.39, 0.29) is 18.9 Å². The fourth-order valence-corrected chi connectivity index (χ4v) is 12.8. The van der Waals surface area contributed by atoms with Gasteiger partial charge in [0.1, 0.15) is 73.2 Å². The maximum absolute atomic E-state index is 13.5. The molecule has 582 valence electrons. The minimum Gasteiger partial charge on any atom is -0.394 e. The van der Waals surface area contributed by atoms with E-state index in [0.717, 1.165) is 96.3 Å². The van der Waals surface area contributed by atoms with Gasteiger partial charge in [0, 0.05) is 6.42 Å². The van der Waals surface area contributed by atoms with Gasteiger partial charge in [0.15, 0.2) is 18.9 Å². The van der Waals surface area contributed by atoms with Crippen molar-refractivity contribution in [1.82, 2.24) is 5.32 Å². The number of hydrogen-bond acceptors (Lipinski definition) is 18. The highest BCUT2D eigenvalue weighted by atomic mass is 16.8. The number of ether oxygens (including phenoxy) is 6. The second kappa shape index (κ2) is 61.6. The average molecular weight is 1430 g/mol. The molecule has 0 saturated carbocycles. The first-order chi connectivity index (χ1) is 49.3. The van der Waals surface area contributed by atoms with Gasteiger partial charge >= 0.3 is 0 Å². The summed E-state index contributed by atoms with van der Waals surface area (Å²) in [5.74, 6) is -0.276. The maximum atomic E-state index is 13.5. The molecular weight excluding hydrogens is 1290 g/mol. The van der Waals surface area contributed by atoms with Crippen LogP contribution in [-0.4, -0.2) is 193 Å². The molecule has 0 aromatic carbocycles. The van der Waals surface area contributed by atoms with Crippen molar-refractivity contribution in [2.24, 2.45) is 0 Å². The van der Waals surface area contributed by atoms with Crippen LogP contribution in [0.1, 0.15) is 271 Å². The summed E-state index contributed by atoms with van der Waals surface area (Å²) in [6, 6.07) is -0.916. The molecular formula is C82H141NO18. The number of hydrogen-bond donors (Lipinski definition) is 12. The number of amides is 1. The molecule has 3 saturated heterocycles. The van der Waals surface area contributed by atoms with Crippen LogP contribution in [0.5, 0.6) is 0 Å². The molecule has 3 rings (SSSR count). The van der Waals surface area contributed by atoms with Crippen LogP contribution >= 0.6 is 0 Å². The SMILES string of the molecule is CC/C=C\C/C=C\C/C=C\C/C=C\C/C=C\C/C=C\C/C=C\C/C=C\C/C=C\CCCCCC(=O)NC(COC1OC(CO)C(OC2OC(CO)C(OC3OC(CO)C(O)C(O)C3O)C(O)C2O)C(O)C1O)C(O)CCCCCCCCCCCCCCCCCCCCCCCCCCC. The van der Waals surface area contributed by atoms with Gasteiger partial charge in [-0.2, -0.15) is 0 Å². The van der Waals surface area contributed by atoms with E-state index in [1.807, 2.05) is 0 Å². The van der Waals surface area contributed by atoms with Gasteiger partial charge in [-0.15, -0.1) is 0 Å². The Balaban J connectivity index is 1.40. The monoisotopic (exact) mass is 1430 g/mol. The molecule has 12 N–H and O–H groups in total. The molecule has 3 aliphatic heterocycles. The zero-order valence-electron chi connectivity index (χ0n) is 62.1. The predicted octanol–water partition coefficient (Wildman–Crippen LogP) is 12.9. The lowest BCUT2D eigenvalue weighted by atomic mass is 9.96. The number of rotatable bonds is 61. The van der Waals surface area contributed by atoms with E-state index >= 15 is 0 Å². The Morgan fingerprint density at radius 1 is 0.366 bits per heavy atom. The van der Waals surface area contributed by atoms with E-state index < -0.39 is 124 Å². The third-order valence-corrected chi connectivity index (χ3v) is 19.1. The molecule has 0 aromatic heterocycles. The summed E-state index contributed by atoms with van der Waals surface area (Å²) in [5.41, 5.74) is 0. The molecule has 3 heterocycles. The Kier molecular flexibility index (Phi) is 55.9. The number of carbonyl (C=O) groups excluding carboxylic acids is 1. The van der Waals surface area contributed by atoms with Gasteiger partial charge in [0.25, 0.3) is 0 Å². The van der Waals surface area contributed by atoms with Crippen molar-refractivity contribution in [3.63, 3.8) is 0 Å². The number of aliphatic hydroxyl groups is 11. The van der Waals surface area contributed by atoms with Crippen LogP contribution in [0.2, 0.25) is 0 Å². The number of aliphatic hydroxyl groups excluding tert-OH is 11. The minimum absolute atomic E-state index is 0.219. The molecule has 17 atom stereocenters. The fraction of sp³-hybridized carbons (Fsp3) is 0.768. The van der Waals surface area contributed by atoms with Gasteiger partial charge in [0.2, 0.25) is 5.91 Å². The highest BCUT2D eigenvalue weighted by molar-refractivity contribution is 5.76. The lowest BCUT2D eigenvalue weighted by Gasteiger charge is -2.48. The zero-order valence-corrected chi connectivity index (χ0v) is 62.1. The Labute approximate surface area is 608 Å². The highest BCUT2D eigenvalue weighted by Crippen LogP contribution is 2.33. The van der Waals surface area contributed by atoms with E-state index in [1.54, 1.807) is 0 Å². The van der Waals surface area contributed by atoms with Crippen LogP contribution in [0, 0.1) is 0 Å². The molecule has 1 amide bonds. The summed E-state index contributed by atoms with van der Waals surface area (Å²) < 4.78 is 34.5. The third-order valence-electron chi connectivity index (χ3n) is 19.1. The summed E-state index contributed by atoms with van der Waals surface area (Å²) >= 11 is 0. The fourth-order valence-electron chi connectivity index (χ4n) is 12.8. The molecule has 0 radical (unpaired) electrons. The quantitative estimate of drug-likeness (QED) is 0.0199. The van der Waals surface area contributed by atoms with Crippen molar-refractivity contribution in [3.8, 4) is 0 Å². The average Bonchev–Trinajstić information content (AvgIpc) is 0.792. The Hall–Kier alpha value is -3.55. The Bertz CT molecular complexity index is 2250. The van der Waals surface area contributed by atoms with Gasteiger partial charge in [-0.3, -0.25) is 4.79 Å². The molecule has 3 aliphatic rings. The summed E-state index contributed by atoms with van der Waals surface area (Å²) in [6.07, 6.45) is 57.3. The third kappa shape index (κ3) is 41.8. The predicted molar refractivity (Wildman–Crippen MR) is 401 cm³/mol. The second-order valence-corrected chi connectivity index (χ2v) is 27.8. The lowest BCUT2D eigenvalue weighted by Crippen LogP contribution is -2.66. The van der Waals surface area contributed by atoms with Crippen molar-refractivity contribution >= 4 is 5.91 Å². The zero-order chi connectivity index (χ0) is 73.2. The number of unbranched alkanes of at least 4 members (excludes halogenated alkanes) is 27. The Morgan fingerprint density at radius 2 is 0.683 bits per heavy atom. The molecule has 0 aromatic rings. The van der Waals surface area contributed by atoms with Crippen LogP contribution < -0.4 is 5.32 Å². The number of carbonyl (C=O) groups is 1. The molecule has 0 bridgehead atoms. The van der Waals surface area contributed by atoms with Crippen LogP contribution in [0.3, 0.4) is 0 Å². The first kappa shape index (κ1) is 91.7. The second-order valence-electron chi connectivity index (χ2n) is 27.8. The van der Waals surface area contributed by atoms with Crippen LogP contribution in [-0.2, 0) is 33.2 Å². The standard InChI is InChI=1S/C82H141NO18/c1-3-5-7-9-11-13-15-17-19-21-23-25-27-29-30-31-32-33-34-36-38-40-42-44-46-48-50-52-54-56-58-60-70(88)83-65(66(87)59-57-55-53-51-49-47-45-43-41-39-37-35-28-26-24-22-20-18-16-14-12-10-8-6-4-2)64-96-80-76(94)73(91)78(68(62-85)98-80)101-82-77(95)74(92)79(69(63-86)99-82)100-81-75(93)72(90)71(89)67(61-84)97-81/h5,7,11,13,17,19,23,25,29-30,32-33,36,38,42,44,48,50,65-69,71-82,84-87,89-95H,3-4,6,8-10,12,14-16,18,20-22,24,26-28,31,34-35,37,39-41,43,45-47,49,51-64H2,1-2H3,(H,83,88)/b7-5-,13-11-,19-17-,25-23-,30-29-,33-32-,38-36-,44-42-,50-48-. The van der Waals surface area contributed by atoms with Crippen molar-refractivity contribution in [3.05, 3.63) is 109 Å².